The lowest BCUT2D eigenvalue weighted by Crippen LogP contribution is -2.54. The molecule has 98 valence electrons. The Morgan fingerprint density at radius 1 is 1.56 bits per heavy atom. The van der Waals surface area contributed by atoms with E-state index in [4.69, 9.17) is 22.1 Å². The molecule has 0 unspecified atom stereocenters. The number of pyridine rings is 1. The largest absolute Gasteiger partial charge is 0.381 e. The average Bonchev–Trinajstić information content (AvgIpc) is 2.35. The molecule has 18 heavy (non-hydrogen) atoms. The maximum Gasteiger partial charge on any atom is 0.244 e. The zero-order valence-electron chi connectivity index (χ0n) is 9.58. The Labute approximate surface area is 118 Å². The maximum atomic E-state index is 12.1. The third-order valence-corrected chi connectivity index (χ3v) is 4.03. The van der Waals surface area contributed by atoms with E-state index in [0.717, 1.165) is 0 Å². The number of carbonyl (C=O) groups excluding carboxylic acids is 1. The van der Waals surface area contributed by atoms with Crippen LogP contribution in [-0.2, 0) is 9.53 Å². The van der Waals surface area contributed by atoms with Crippen molar-refractivity contribution in [3.05, 3.63) is 21.9 Å². The van der Waals surface area contributed by atoms with Gasteiger partial charge < -0.3 is 15.8 Å². The van der Waals surface area contributed by atoms with Gasteiger partial charge in [-0.2, -0.15) is 0 Å². The molecular weight excluding hydrogens is 321 g/mol. The number of nitrogens with two attached hydrogens (primary N) is 1. The number of hydrogen-bond acceptors (Lipinski definition) is 4. The van der Waals surface area contributed by atoms with Crippen LogP contribution in [0.1, 0.15) is 12.8 Å². The van der Waals surface area contributed by atoms with E-state index in [-0.39, 0.29) is 5.91 Å². The van der Waals surface area contributed by atoms with E-state index in [1.165, 1.54) is 6.20 Å². The molecule has 2 heterocycles. The summed E-state index contributed by atoms with van der Waals surface area (Å²) in [7, 11) is 0. The SMILES string of the molecule is NC1(C(=O)Nc2cnc(Cl)c(Br)c2)CCOCC1. The van der Waals surface area contributed by atoms with E-state index >= 15 is 0 Å². The first-order chi connectivity index (χ1) is 8.51. The zero-order chi connectivity index (χ0) is 13.2. The minimum atomic E-state index is -0.871. The van der Waals surface area contributed by atoms with Crippen molar-refractivity contribution in [2.75, 3.05) is 18.5 Å². The van der Waals surface area contributed by atoms with Crippen LogP contribution in [0.5, 0.6) is 0 Å². The Balaban J connectivity index is 2.08. The highest BCUT2D eigenvalue weighted by atomic mass is 79.9. The fraction of sp³-hybridized carbons (Fsp3) is 0.455. The Morgan fingerprint density at radius 3 is 2.83 bits per heavy atom. The van der Waals surface area contributed by atoms with E-state index in [1.54, 1.807) is 6.07 Å². The van der Waals surface area contributed by atoms with Gasteiger partial charge in [-0.3, -0.25) is 4.79 Å². The number of nitrogens with zero attached hydrogens (tertiary/aromatic N) is 1. The van der Waals surface area contributed by atoms with Crippen molar-refractivity contribution in [2.45, 2.75) is 18.4 Å². The van der Waals surface area contributed by atoms with Crippen LogP contribution >= 0.6 is 27.5 Å². The molecule has 1 aliphatic heterocycles. The van der Waals surface area contributed by atoms with E-state index in [0.29, 0.717) is 41.4 Å². The van der Waals surface area contributed by atoms with Crippen molar-refractivity contribution in [3.8, 4) is 0 Å². The van der Waals surface area contributed by atoms with Gasteiger partial charge in [-0.05, 0) is 34.8 Å². The molecule has 0 aromatic carbocycles. The number of hydrogen-bond donors (Lipinski definition) is 2. The molecule has 1 aliphatic rings. The molecule has 1 aromatic heterocycles. The van der Waals surface area contributed by atoms with Gasteiger partial charge in [0.05, 0.1) is 16.4 Å². The van der Waals surface area contributed by atoms with Gasteiger partial charge in [0.15, 0.2) is 0 Å². The van der Waals surface area contributed by atoms with Crippen LogP contribution in [0.2, 0.25) is 5.15 Å². The molecule has 0 saturated carbocycles. The van der Waals surface area contributed by atoms with E-state index < -0.39 is 5.54 Å². The standard InChI is InChI=1S/C11H13BrClN3O2/c12-8-5-7(6-15-9(8)13)16-10(17)11(14)1-3-18-4-2-11/h5-6H,1-4,14H2,(H,16,17). The lowest BCUT2D eigenvalue weighted by Gasteiger charge is -2.31. The van der Waals surface area contributed by atoms with Gasteiger partial charge in [0.2, 0.25) is 5.91 Å². The monoisotopic (exact) mass is 333 g/mol. The van der Waals surface area contributed by atoms with Gasteiger partial charge in [-0.25, -0.2) is 4.98 Å². The average molecular weight is 335 g/mol. The van der Waals surface area contributed by atoms with Gasteiger partial charge in [-0.15, -0.1) is 0 Å². The Bertz CT molecular complexity index is 464. The number of halogens is 2. The van der Waals surface area contributed by atoms with Gasteiger partial charge in [-0.1, -0.05) is 11.6 Å². The van der Waals surface area contributed by atoms with Crippen molar-refractivity contribution in [2.24, 2.45) is 5.73 Å². The molecule has 2 rings (SSSR count). The highest BCUT2D eigenvalue weighted by molar-refractivity contribution is 9.10. The molecule has 7 heteroatoms. The number of carbonyl (C=O) groups is 1. The van der Waals surface area contributed by atoms with Crippen LogP contribution in [0.15, 0.2) is 16.7 Å². The van der Waals surface area contributed by atoms with Gasteiger partial charge in [0.1, 0.15) is 10.7 Å². The van der Waals surface area contributed by atoms with Gasteiger partial charge >= 0.3 is 0 Å². The molecule has 1 amide bonds. The summed E-state index contributed by atoms with van der Waals surface area (Å²) in [5.74, 6) is -0.221. The Morgan fingerprint density at radius 2 is 2.22 bits per heavy atom. The van der Waals surface area contributed by atoms with E-state index in [2.05, 4.69) is 26.2 Å². The molecule has 1 saturated heterocycles. The molecular formula is C11H13BrClN3O2. The van der Waals surface area contributed by atoms with Crippen LogP contribution < -0.4 is 11.1 Å². The van der Waals surface area contributed by atoms with Crippen molar-refractivity contribution < 1.29 is 9.53 Å². The molecule has 1 aromatic rings. The Hall–Kier alpha value is -0.690. The summed E-state index contributed by atoms with van der Waals surface area (Å²) in [6, 6.07) is 1.69. The number of ether oxygens (including phenoxy) is 1. The second-order valence-corrected chi connectivity index (χ2v) is 5.43. The molecule has 3 N–H and O–H groups in total. The van der Waals surface area contributed by atoms with Crippen LogP contribution in [-0.4, -0.2) is 29.6 Å². The summed E-state index contributed by atoms with van der Waals surface area (Å²) in [5, 5.41) is 3.10. The summed E-state index contributed by atoms with van der Waals surface area (Å²) >= 11 is 9.03. The number of anilines is 1. The van der Waals surface area contributed by atoms with E-state index in [9.17, 15) is 4.79 Å². The number of amides is 1. The van der Waals surface area contributed by atoms with Crippen molar-refractivity contribution in [1.29, 1.82) is 0 Å². The summed E-state index contributed by atoms with van der Waals surface area (Å²) in [5.41, 5.74) is 5.76. The Kier molecular flexibility index (Phi) is 4.21. The van der Waals surface area contributed by atoms with Crippen LogP contribution in [0.3, 0.4) is 0 Å². The quantitative estimate of drug-likeness (QED) is 0.810. The third-order valence-electron chi connectivity index (χ3n) is 2.89. The molecule has 0 atom stereocenters. The third kappa shape index (κ3) is 3.00. The molecule has 0 radical (unpaired) electrons. The first kappa shape index (κ1) is 13.7. The molecule has 0 spiro atoms. The fourth-order valence-electron chi connectivity index (χ4n) is 1.71. The smallest absolute Gasteiger partial charge is 0.244 e. The van der Waals surface area contributed by atoms with Gasteiger partial charge in [0.25, 0.3) is 0 Å². The van der Waals surface area contributed by atoms with Crippen molar-refractivity contribution in [3.63, 3.8) is 0 Å². The highest BCUT2D eigenvalue weighted by Crippen LogP contribution is 2.24. The number of aromatic nitrogens is 1. The minimum Gasteiger partial charge on any atom is -0.381 e. The molecule has 0 aliphatic carbocycles. The van der Waals surface area contributed by atoms with E-state index in [1.807, 2.05) is 0 Å². The number of rotatable bonds is 2. The second kappa shape index (κ2) is 5.52. The lowest BCUT2D eigenvalue weighted by molar-refractivity contribution is -0.124. The normalized spacial score (nSPS) is 18.4. The summed E-state index contributed by atoms with van der Waals surface area (Å²) in [4.78, 5) is 16.1. The first-order valence-electron chi connectivity index (χ1n) is 5.50. The summed E-state index contributed by atoms with van der Waals surface area (Å²) < 4.78 is 5.83. The first-order valence-corrected chi connectivity index (χ1v) is 6.67. The minimum absolute atomic E-state index is 0.221. The molecule has 5 nitrogen and oxygen atoms in total. The predicted octanol–water partition coefficient (Wildman–Crippen LogP) is 1.94. The van der Waals surface area contributed by atoms with Crippen LogP contribution in [0.4, 0.5) is 5.69 Å². The molecule has 0 bridgehead atoms. The lowest BCUT2D eigenvalue weighted by atomic mass is 9.90. The van der Waals surface area contributed by atoms with Crippen LogP contribution in [0.25, 0.3) is 0 Å². The van der Waals surface area contributed by atoms with Gasteiger partial charge in [0, 0.05) is 13.2 Å². The second-order valence-electron chi connectivity index (χ2n) is 4.22. The topological polar surface area (TPSA) is 77.2 Å². The van der Waals surface area contributed by atoms with Crippen molar-refractivity contribution in [1.82, 2.24) is 4.98 Å². The maximum absolute atomic E-state index is 12.1. The highest BCUT2D eigenvalue weighted by Gasteiger charge is 2.35. The predicted molar refractivity (Wildman–Crippen MR) is 72.5 cm³/mol. The zero-order valence-corrected chi connectivity index (χ0v) is 11.9. The fourth-order valence-corrected chi connectivity index (χ4v) is 2.16. The van der Waals surface area contributed by atoms with Crippen LogP contribution in [0, 0.1) is 0 Å². The summed E-state index contributed by atoms with van der Waals surface area (Å²) in [6.45, 7) is 1.01. The number of nitrogens with one attached hydrogen (secondary N) is 1. The molecule has 1 fully saturated rings. The summed E-state index contributed by atoms with van der Waals surface area (Å²) in [6.07, 6.45) is 2.52. The van der Waals surface area contributed by atoms with Crippen molar-refractivity contribution >= 4 is 39.1 Å².